The van der Waals surface area contributed by atoms with Crippen molar-refractivity contribution in [3.05, 3.63) is 108 Å². The monoisotopic (exact) mass is 591 g/mol. The van der Waals surface area contributed by atoms with Gasteiger partial charge in [-0.05, 0) is 58.8 Å². The summed E-state index contributed by atoms with van der Waals surface area (Å²) in [4.78, 5) is 29.8. The highest BCUT2D eigenvalue weighted by molar-refractivity contribution is 7.14. The van der Waals surface area contributed by atoms with Gasteiger partial charge in [-0.2, -0.15) is 0 Å². The summed E-state index contributed by atoms with van der Waals surface area (Å²) in [6.07, 6.45) is -4.98. The molecular weight excluding hydrogens is 567 g/mol. The summed E-state index contributed by atoms with van der Waals surface area (Å²) in [5.41, 5.74) is 3.48. The van der Waals surface area contributed by atoms with Crippen LogP contribution in [-0.4, -0.2) is 34.9 Å². The molecule has 11 heteroatoms. The molecular formula is C31H24F3N3O4S. The molecule has 0 aliphatic carbocycles. The van der Waals surface area contributed by atoms with Crippen LogP contribution in [0.1, 0.15) is 22.3 Å². The van der Waals surface area contributed by atoms with E-state index < -0.39 is 12.3 Å². The third-order valence-corrected chi connectivity index (χ3v) is 7.20. The van der Waals surface area contributed by atoms with Gasteiger partial charge in [-0.25, -0.2) is 4.98 Å². The van der Waals surface area contributed by atoms with Crippen LogP contribution < -0.4 is 15.0 Å². The smallest absolute Gasteiger partial charge is 0.481 e. The number of anilines is 2. The van der Waals surface area contributed by atoms with Crippen molar-refractivity contribution in [2.75, 3.05) is 11.4 Å². The molecule has 0 spiro atoms. The summed E-state index contributed by atoms with van der Waals surface area (Å²) in [6, 6.07) is 26.4. The highest BCUT2D eigenvalue weighted by Crippen LogP contribution is 2.35. The number of nitrogens with zero attached hydrogens (tertiary/aromatic N) is 2. The number of thiazole rings is 1. The van der Waals surface area contributed by atoms with Crippen molar-refractivity contribution in [2.24, 2.45) is 0 Å². The number of hydrogen-bond acceptors (Lipinski definition) is 6. The molecule has 0 atom stereocenters. The number of hydrogen-bond donors (Lipinski definition) is 2. The Morgan fingerprint density at radius 3 is 2.33 bits per heavy atom. The number of halogens is 3. The predicted octanol–water partition coefficient (Wildman–Crippen LogP) is 7.40. The lowest BCUT2D eigenvalue weighted by atomic mass is 10.1. The average Bonchev–Trinajstić information content (AvgIpc) is 3.45. The Hall–Kier alpha value is -4.90. The van der Waals surface area contributed by atoms with Crippen LogP contribution >= 0.6 is 11.3 Å². The van der Waals surface area contributed by atoms with Gasteiger partial charge in [-0.3, -0.25) is 9.59 Å². The molecule has 5 aromatic rings. The third-order valence-electron chi connectivity index (χ3n) is 6.33. The van der Waals surface area contributed by atoms with Crippen molar-refractivity contribution in [1.82, 2.24) is 10.3 Å². The summed E-state index contributed by atoms with van der Waals surface area (Å²) >= 11 is 1.40. The molecule has 1 aromatic heterocycles. The zero-order valence-electron chi connectivity index (χ0n) is 22.0. The molecule has 4 aromatic carbocycles. The Balaban J connectivity index is 1.41. The Morgan fingerprint density at radius 1 is 0.929 bits per heavy atom. The lowest BCUT2D eigenvalue weighted by Crippen LogP contribution is -2.26. The molecule has 7 nitrogen and oxygen atoms in total. The SMILES string of the molecule is O=C(O)CCNC(=O)c1ccc(CN(c2ccc(OC(F)(F)F)cc2)c2nc(-c3ccc4ccccc4c3)cs2)cc1. The second-order valence-electron chi connectivity index (χ2n) is 9.30. The quantitative estimate of drug-likeness (QED) is 0.176. The van der Waals surface area contributed by atoms with E-state index in [4.69, 9.17) is 10.1 Å². The first-order valence-electron chi connectivity index (χ1n) is 12.8. The molecule has 5 rings (SSSR count). The first kappa shape index (κ1) is 28.6. The number of benzene rings is 4. The van der Waals surface area contributed by atoms with Gasteiger partial charge in [0.25, 0.3) is 5.91 Å². The van der Waals surface area contributed by atoms with Crippen molar-refractivity contribution < 1.29 is 32.6 Å². The lowest BCUT2D eigenvalue weighted by molar-refractivity contribution is -0.274. The molecule has 1 amide bonds. The van der Waals surface area contributed by atoms with Gasteiger partial charge in [0.05, 0.1) is 18.7 Å². The van der Waals surface area contributed by atoms with Crippen LogP contribution in [0.2, 0.25) is 0 Å². The number of carbonyl (C=O) groups excluding carboxylic acids is 1. The molecule has 1 heterocycles. The number of amides is 1. The number of fused-ring (bicyclic) bond motifs is 1. The minimum Gasteiger partial charge on any atom is -0.481 e. The molecule has 0 fully saturated rings. The van der Waals surface area contributed by atoms with Crippen LogP contribution in [0.15, 0.2) is 96.4 Å². The van der Waals surface area contributed by atoms with Gasteiger partial charge in [-0.1, -0.05) is 48.5 Å². The van der Waals surface area contributed by atoms with Gasteiger partial charge in [-0.15, -0.1) is 24.5 Å². The maximum absolute atomic E-state index is 12.7. The van der Waals surface area contributed by atoms with E-state index in [2.05, 4.69) is 16.1 Å². The Bertz CT molecular complexity index is 1700. The first-order chi connectivity index (χ1) is 20.1. The minimum atomic E-state index is -4.80. The van der Waals surface area contributed by atoms with Crippen molar-refractivity contribution in [3.8, 4) is 17.0 Å². The van der Waals surface area contributed by atoms with E-state index >= 15 is 0 Å². The average molecular weight is 592 g/mol. The molecule has 42 heavy (non-hydrogen) atoms. The number of carboxylic acids is 1. The second kappa shape index (κ2) is 12.3. The first-order valence-corrected chi connectivity index (χ1v) is 13.7. The topological polar surface area (TPSA) is 91.8 Å². The van der Waals surface area contributed by atoms with Crippen LogP contribution in [0.25, 0.3) is 22.0 Å². The number of carbonyl (C=O) groups is 2. The number of nitrogens with one attached hydrogen (secondary N) is 1. The Kier molecular flexibility index (Phi) is 8.39. The van der Waals surface area contributed by atoms with Crippen LogP contribution in [0.5, 0.6) is 5.75 Å². The predicted molar refractivity (Wildman–Crippen MR) is 155 cm³/mol. The van der Waals surface area contributed by atoms with Crippen LogP contribution in [0.3, 0.4) is 0 Å². The Labute approximate surface area is 242 Å². The van der Waals surface area contributed by atoms with Gasteiger partial charge in [0.1, 0.15) is 5.75 Å². The summed E-state index contributed by atoms with van der Waals surface area (Å²) < 4.78 is 42.2. The standard InChI is InChI=1S/C31H24F3N3O4S/c32-31(33,34)41-26-13-11-25(12-14-26)37(18-20-5-7-22(8-6-20)29(40)35-16-15-28(38)39)30-36-27(19-42-30)24-10-9-21-3-1-2-4-23(21)17-24/h1-14,17,19H,15-16,18H2,(H,35,40)(H,38,39). The number of alkyl halides is 3. The number of ether oxygens (including phenoxy) is 1. The molecule has 0 bridgehead atoms. The fourth-order valence-corrected chi connectivity index (χ4v) is 5.15. The van der Waals surface area contributed by atoms with E-state index in [1.165, 1.54) is 35.6 Å². The van der Waals surface area contributed by atoms with E-state index in [1.54, 1.807) is 24.3 Å². The maximum Gasteiger partial charge on any atom is 0.573 e. The summed E-state index contributed by atoms with van der Waals surface area (Å²) in [6.45, 7) is 0.326. The molecule has 0 unspecified atom stereocenters. The Morgan fingerprint density at radius 2 is 1.64 bits per heavy atom. The fourth-order valence-electron chi connectivity index (χ4n) is 4.30. The van der Waals surface area contributed by atoms with Crippen LogP contribution in [0, 0.1) is 0 Å². The van der Waals surface area contributed by atoms with E-state index in [9.17, 15) is 22.8 Å². The molecule has 0 aliphatic rings. The highest BCUT2D eigenvalue weighted by atomic mass is 32.1. The van der Waals surface area contributed by atoms with Gasteiger partial charge in [0.15, 0.2) is 5.13 Å². The largest absolute Gasteiger partial charge is 0.573 e. The number of rotatable bonds is 10. The van der Waals surface area contributed by atoms with Gasteiger partial charge in [0, 0.05) is 28.7 Å². The molecule has 214 valence electrons. The second-order valence-corrected chi connectivity index (χ2v) is 10.1. The summed E-state index contributed by atoms with van der Waals surface area (Å²) in [5.74, 6) is -1.73. The maximum atomic E-state index is 12.7. The zero-order chi connectivity index (χ0) is 29.7. The van der Waals surface area contributed by atoms with Crippen LogP contribution in [-0.2, 0) is 11.3 Å². The number of aliphatic carboxylic acids is 1. The fraction of sp³-hybridized carbons (Fsp3) is 0.129. The zero-order valence-corrected chi connectivity index (χ0v) is 22.8. The minimum absolute atomic E-state index is 0.0152. The van der Waals surface area contributed by atoms with E-state index in [-0.39, 0.29) is 24.6 Å². The van der Waals surface area contributed by atoms with Crippen molar-refractivity contribution in [2.45, 2.75) is 19.3 Å². The van der Waals surface area contributed by atoms with Crippen molar-refractivity contribution in [3.63, 3.8) is 0 Å². The van der Waals surface area contributed by atoms with Gasteiger partial charge >= 0.3 is 12.3 Å². The number of carboxylic acid groups (broad SMARTS) is 1. The molecule has 0 radical (unpaired) electrons. The van der Waals surface area contributed by atoms with Crippen molar-refractivity contribution >= 4 is 44.8 Å². The van der Waals surface area contributed by atoms with E-state index in [0.717, 1.165) is 27.6 Å². The molecule has 0 saturated heterocycles. The third kappa shape index (κ3) is 7.24. The molecule has 0 saturated carbocycles. The molecule has 2 N–H and O–H groups in total. The van der Waals surface area contributed by atoms with Crippen LogP contribution in [0.4, 0.5) is 24.0 Å². The van der Waals surface area contributed by atoms with Gasteiger partial charge in [0.2, 0.25) is 0 Å². The van der Waals surface area contributed by atoms with E-state index in [1.807, 2.05) is 46.7 Å². The normalized spacial score (nSPS) is 11.3. The lowest BCUT2D eigenvalue weighted by Gasteiger charge is -2.23. The molecule has 0 aliphatic heterocycles. The highest BCUT2D eigenvalue weighted by Gasteiger charge is 2.31. The van der Waals surface area contributed by atoms with Crippen molar-refractivity contribution in [1.29, 1.82) is 0 Å². The summed E-state index contributed by atoms with van der Waals surface area (Å²) in [7, 11) is 0. The summed E-state index contributed by atoms with van der Waals surface area (Å²) in [5, 5.41) is 16.1. The number of aromatic nitrogens is 1. The van der Waals surface area contributed by atoms with Gasteiger partial charge < -0.3 is 20.1 Å². The van der Waals surface area contributed by atoms with E-state index in [0.29, 0.717) is 22.9 Å².